The highest BCUT2D eigenvalue weighted by molar-refractivity contribution is 6.27. The number of methoxy groups -OCH3 is 1. The molecule has 0 spiro atoms. The third kappa shape index (κ3) is 5.23. The lowest BCUT2D eigenvalue weighted by Crippen LogP contribution is -2.41. The van der Waals surface area contributed by atoms with Crippen LogP contribution < -0.4 is 0 Å². The summed E-state index contributed by atoms with van der Waals surface area (Å²) in [5, 5.41) is 0. The lowest BCUT2D eigenvalue weighted by Gasteiger charge is -2.33. The molecule has 0 bridgehead atoms. The van der Waals surface area contributed by atoms with Gasteiger partial charge in [-0.3, -0.25) is 4.79 Å². The van der Waals surface area contributed by atoms with Crippen LogP contribution in [-0.4, -0.2) is 68.5 Å². The van der Waals surface area contributed by atoms with Crippen molar-refractivity contribution in [1.82, 2.24) is 9.80 Å². The molecule has 0 saturated carbocycles. The Hall–Kier alpha value is -0.320. The van der Waals surface area contributed by atoms with Crippen molar-refractivity contribution < 1.29 is 9.53 Å². The first-order valence-corrected chi connectivity index (χ1v) is 6.72. The monoisotopic (exact) mass is 262 g/mol. The van der Waals surface area contributed by atoms with Gasteiger partial charge in [-0.25, -0.2) is 0 Å². The minimum Gasteiger partial charge on any atom is -0.383 e. The standard InChI is InChI=1S/C12H23ClN2O2/c1-14-5-3-11(4-6-14)10-15(7-8-17-2)12(16)9-13/h11H,3-10H2,1-2H3. The number of piperidine rings is 1. The van der Waals surface area contributed by atoms with Crippen molar-refractivity contribution in [2.45, 2.75) is 12.8 Å². The van der Waals surface area contributed by atoms with E-state index in [2.05, 4.69) is 11.9 Å². The van der Waals surface area contributed by atoms with Crippen LogP contribution in [0.2, 0.25) is 0 Å². The molecule has 0 radical (unpaired) electrons. The van der Waals surface area contributed by atoms with E-state index in [0.717, 1.165) is 32.5 Å². The summed E-state index contributed by atoms with van der Waals surface area (Å²) in [6.07, 6.45) is 2.32. The first-order valence-electron chi connectivity index (χ1n) is 6.18. The Morgan fingerprint density at radius 2 is 2.12 bits per heavy atom. The number of ether oxygens (including phenoxy) is 1. The minimum absolute atomic E-state index is 0.0163. The van der Waals surface area contributed by atoms with Crippen LogP contribution in [0.3, 0.4) is 0 Å². The summed E-state index contributed by atoms with van der Waals surface area (Å²) < 4.78 is 5.03. The van der Waals surface area contributed by atoms with Gasteiger partial charge in [0.1, 0.15) is 5.88 Å². The molecule has 0 N–H and O–H groups in total. The first-order chi connectivity index (χ1) is 8.17. The highest BCUT2D eigenvalue weighted by atomic mass is 35.5. The molecule has 1 fully saturated rings. The van der Waals surface area contributed by atoms with Gasteiger partial charge in [0, 0.05) is 20.2 Å². The predicted octanol–water partition coefficient (Wildman–Crippen LogP) is 1.04. The zero-order valence-corrected chi connectivity index (χ0v) is 11.6. The highest BCUT2D eigenvalue weighted by Gasteiger charge is 2.21. The van der Waals surface area contributed by atoms with Crippen LogP contribution in [0.5, 0.6) is 0 Å². The molecule has 1 amide bonds. The lowest BCUT2D eigenvalue weighted by atomic mass is 9.96. The van der Waals surface area contributed by atoms with Crippen LogP contribution in [0.4, 0.5) is 0 Å². The van der Waals surface area contributed by atoms with Gasteiger partial charge < -0.3 is 14.5 Å². The smallest absolute Gasteiger partial charge is 0.237 e. The fraction of sp³-hybridized carbons (Fsp3) is 0.917. The van der Waals surface area contributed by atoms with E-state index in [4.69, 9.17) is 16.3 Å². The van der Waals surface area contributed by atoms with Crippen LogP contribution >= 0.6 is 11.6 Å². The fourth-order valence-corrected chi connectivity index (χ4v) is 2.33. The summed E-state index contributed by atoms with van der Waals surface area (Å²) in [6, 6.07) is 0. The van der Waals surface area contributed by atoms with Crippen LogP contribution in [-0.2, 0) is 9.53 Å². The van der Waals surface area contributed by atoms with Gasteiger partial charge in [0.15, 0.2) is 0 Å². The second-order valence-electron chi connectivity index (χ2n) is 4.71. The second-order valence-corrected chi connectivity index (χ2v) is 4.98. The summed E-state index contributed by atoms with van der Waals surface area (Å²) in [6.45, 7) is 4.29. The fourth-order valence-electron chi connectivity index (χ4n) is 2.16. The largest absolute Gasteiger partial charge is 0.383 e. The quantitative estimate of drug-likeness (QED) is 0.671. The number of alkyl halides is 1. The van der Waals surface area contributed by atoms with Gasteiger partial charge in [0.25, 0.3) is 0 Å². The number of likely N-dealkylation sites (tertiary alicyclic amines) is 1. The SMILES string of the molecule is COCCN(CC1CCN(C)CC1)C(=O)CCl. The molecule has 17 heavy (non-hydrogen) atoms. The molecule has 1 heterocycles. The number of rotatable bonds is 6. The van der Waals surface area contributed by atoms with Gasteiger partial charge in [-0.05, 0) is 38.9 Å². The molecule has 0 atom stereocenters. The number of hydrogen-bond acceptors (Lipinski definition) is 3. The Kier molecular flexibility index (Phi) is 6.85. The molecular formula is C12H23ClN2O2. The molecule has 0 aromatic heterocycles. The van der Waals surface area contributed by atoms with E-state index in [-0.39, 0.29) is 11.8 Å². The van der Waals surface area contributed by atoms with E-state index in [9.17, 15) is 4.79 Å². The summed E-state index contributed by atoms with van der Waals surface area (Å²) >= 11 is 5.63. The third-order valence-corrected chi connectivity index (χ3v) is 3.58. The van der Waals surface area contributed by atoms with Gasteiger partial charge >= 0.3 is 0 Å². The number of halogens is 1. The van der Waals surface area contributed by atoms with E-state index < -0.39 is 0 Å². The summed E-state index contributed by atoms with van der Waals surface area (Å²) in [5.74, 6) is 0.689. The van der Waals surface area contributed by atoms with Crippen molar-refractivity contribution in [3.05, 3.63) is 0 Å². The van der Waals surface area contributed by atoms with E-state index in [0.29, 0.717) is 19.1 Å². The number of nitrogens with zero attached hydrogens (tertiary/aromatic N) is 2. The average Bonchev–Trinajstić information content (AvgIpc) is 2.36. The van der Waals surface area contributed by atoms with Crippen molar-refractivity contribution >= 4 is 17.5 Å². The lowest BCUT2D eigenvalue weighted by molar-refractivity contribution is -0.130. The molecule has 1 saturated heterocycles. The van der Waals surface area contributed by atoms with Crippen molar-refractivity contribution in [2.75, 3.05) is 52.8 Å². The van der Waals surface area contributed by atoms with Crippen molar-refractivity contribution in [2.24, 2.45) is 5.92 Å². The van der Waals surface area contributed by atoms with Crippen LogP contribution in [0.25, 0.3) is 0 Å². The number of amides is 1. The minimum atomic E-state index is 0.0163. The maximum Gasteiger partial charge on any atom is 0.237 e. The highest BCUT2D eigenvalue weighted by Crippen LogP contribution is 2.17. The molecule has 1 rings (SSSR count). The molecule has 1 aliphatic heterocycles. The van der Waals surface area contributed by atoms with Gasteiger partial charge in [0.2, 0.25) is 5.91 Å². The van der Waals surface area contributed by atoms with E-state index in [1.54, 1.807) is 7.11 Å². The topological polar surface area (TPSA) is 32.8 Å². The molecule has 0 unspecified atom stereocenters. The Morgan fingerprint density at radius 1 is 1.47 bits per heavy atom. The Morgan fingerprint density at radius 3 is 2.65 bits per heavy atom. The van der Waals surface area contributed by atoms with Crippen LogP contribution in [0, 0.1) is 5.92 Å². The molecule has 1 aliphatic rings. The predicted molar refractivity (Wildman–Crippen MR) is 69.4 cm³/mol. The molecular weight excluding hydrogens is 240 g/mol. The summed E-state index contributed by atoms with van der Waals surface area (Å²) in [4.78, 5) is 15.9. The molecule has 0 aliphatic carbocycles. The average molecular weight is 263 g/mol. The van der Waals surface area contributed by atoms with E-state index in [1.807, 2.05) is 4.90 Å². The molecule has 100 valence electrons. The van der Waals surface area contributed by atoms with Gasteiger partial charge in [-0.2, -0.15) is 0 Å². The zero-order chi connectivity index (χ0) is 12.7. The second kappa shape index (κ2) is 7.90. The number of carbonyl (C=O) groups is 1. The third-order valence-electron chi connectivity index (χ3n) is 3.35. The maximum absolute atomic E-state index is 11.7. The van der Waals surface area contributed by atoms with Gasteiger partial charge in [-0.1, -0.05) is 0 Å². The van der Waals surface area contributed by atoms with E-state index in [1.165, 1.54) is 0 Å². The van der Waals surface area contributed by atoms with Gasteiger partial charge in [-0.15, -0.1) is 11.6 Å². The van der Waals surface area contributed by atoms with Gasteiger partial charge in [0.05, 0.1) is 6.61 Å². The van der Waals surface area contributed by atoms with Crippen LogP contribution in [0.1, 0.15) is 12.8 Å². The summed E-state index contributed by atoms with van der Waals surface area (Å²) in [7, 11) is 3.79. The Labute approximate surface area is 109 Å². The van der Waals surface area contributed by atoms with Crippen molar-refractivity contribution in [3.8, 4) is 0 Å². The van der Waals surface area contributed by atoms with Crippen molar-refractivity contribution in [3.63, 3.8) is 0 Å². The molecule has 5 heteroatoms. The van der Waals surface area contributed by atoms with Crippen molar-refractivity contribution in [1.29, 1.82) is 0 Å². The zero-order valence-electron chi connectivity index (χ0n) is 10.8. The molecule has 0 aromatic carbocycles. The summed E-state index contributed by atoms with van der Waals surface area (Å²) in [5.41, 5.74) is 0. The molecule has 0 aromatic rings. The van der Waals surface area contributed by atoms with E-state index >= 15 is 0 Å². The maximum atomic E-state index is 11.7. The Balaban J connectivity index is 2.39. The first kappa shape index (κ1) is 14.7. The normalized spacial score (nSPS) is 18.3. The Bertz CT molecular complexity index is 231. The molecule has 4 nitrogen and oxygen atoms in total. The van der Waals surface area contributed by atoms with Crippen LogP contribution in [0.15, 0.2) is 0 Å². The number of hydrogen-bond donors (Lipinski definition) is 0. The number of carbonyl (C=O) groups excluding carboxylic acids is 1.